The second kappa shape index (κ2) is 6.35. The number of aromatic nitrogens is 1. The SMILES string of the molecule is Cc1ccc(NC(=O)CC(c2ccco2)n2cccc2)cc1. The zero-order valence-corrected chi connectivity index (χ0v) is 12.4. The summed E-state index contributed by atoms with van der Waals surface area (Å²) in [7, 11) is 0. The first-order valence-electron chi connectivity index (χ1n) is 7.25. The lowest BCUT2D eigenvalue weighted by Crippen LogP contribution is -2.19. The van der Waals surface area contributed by atoms with E-state index in [1.54, 1.807) is 6.26 Å². The Balaban J connectivity index is 1.73. The van der Waals surface area contributed by atoms with E-state index in [0.29, 0.717) is 6.42 Å². The smallest absolute Gasteiger partial charge is 0.226 e. The first-order valence-corrected chi connectivity index (χ1v) is 7.25. The number of carbonyl (C=O) groups is 1. The first-order chi connectivity index (χ1) is 10.7. The van der Waals surface area contributed by atoms with E-state index < -0.39 is 0 Å². The van der Waals surface area contributed by atoms with E-state index in [1.807, 2.05) is 72.4 Å². The molecule has 1 N–H and O–H groups in total. The molecule has 4 heteroatoms. The average molecular weight is 294 g/mol. The molecule has 0 bridgehead atoms. The summed E-state index contributed by atoms with van der Waals surface area (Å²) < 4.78 is 7.47. The number of amides is 1. The predicted octanol–water partition coefficient (Wildman–Crippen LogP) is 4.01. The van der Waals surface area contributed by atoms with Gasteiger partial charge in [0.15, 0.2) is 0 Å². The number of furan rings is 1. The van der Waals surface area contributed by atoms with Gasteiger partial charge in [0, 0.05) is 18.1 Å². The van der Waals surface area contributed by atoms with Gasteiger partial charge in [0.2, 0.25) is 5.91 Å². The second-order valence-corrected chi connectivity index (χ2v) is 5.28. The summed E-state index contributed by atoms with van der Waals surface area (Å²) in [5.41, 5.74) is 1.97. The fourth-order valence-corrected chi connectivity index (χ4v) is 2.41. The molecule has 0 aliphatic carbocycles. The van der Waals surface area contributed by atoms with E-state index in [0.717, 1.165) is 11.4 Å². The highest BCUT2D eigenvalue weighted by molar-refractivity contribution is 5.91. The van der Waals surface area contributed by atoms with Crippen LogP contribution in [0.15, 0.2) is 71.6 Å². The van der Waals surface area contributed by atoms with Crippen LogP contribution in [-0.2, 0) is 4.79 Å². The topological polar surface area (TPSA) is 47.2 Å². The van der Waals surface area contributed by atoms with Crippen LogP contribution in [-0.4, -0.2) is 10.5 Å². The van der Waals surface area contributed by atoms with Crippen molar-refractivity contribution >= 4 is 11.6 Å². The van der Waals surface area contributed by atoms with Gasteiger partial charge in [0.05, 0.1) is 18.7 Å². The molecule has 112 valence electrons. The van der Waals surface area contributed by atoms with Crippen LogP contribution in [0.25, 0.3) is 0 Å². The van der Waals surface area contributed by atoms with Crippen LogP contribution in [0.2, 0.25) is 0 Å². The fourth-order valence-electron chi connectivity index (χ4n) is 2.41. The highest BCUT2D eigenvalue weighted by Crippen LogP contribution is 2.23. The molecule has 0 aliphatic heterocycles. The molecule has 1 unspecified atom stereocenters. The van der Waals surface area contributed by atoms with Gasteiger partial charge in [-0.15, -0.1) is 0 Å². The van der Waals surface area contributed by atoms with Crippen LogP contribution in [0, 0.1) is 6.92 Å². The predicted molar refractivity (Wildman–Crippen MR) is 85.7 cm³/mol. The normalized spacial score (nSPS) is 12.0. The van der Waals surface area contributed by atoms with Crippen LogP contribution in [0.1, 0.15) is 23.8 Å². The minimum Gasteiger partial charge on any atom is -0.467 e. The zero-order chi connectivity index (χ0) is 15.4. The molecule has 3 rings (SSSR count). The van der Waals surface area contributed by atoms with Crippen LogP contribution >= 0.6 is 0 Å². The Morgan fingerprint density at radius 2 is 1.86 bits per heavy atom. The molecule has 0 radical (unpaired) electrons. The number of benzene rings is 1. The van der Waals surface area contributed by atoms with Gasteiger partial charge in [-0.1, -0.05) is 17.7 Å². The van der Waals surface area contributed by atoms with Crippen LogP contribution in [0.5, 0.6) is 0 Å². The molecule has 0 aliphatic rings. The van der Waals surface area contributed by atoms with Gasteiger partial charge < -0.3 is 14.3 Å². The van der Waals surface area contributed by atoms with Gasteiger partial charge in [-0.3, -0.25) is 4.79 Å². The van der Waals surface area contributed by atoms with Gasteiger partial charge in [0.1, 0.15) is 5.76 Å². The quantitative estimate of drug-likeness (QED) is 0.773. The molecular weight excluding hydrogens is 276 g/mol. The Hall–Kier alpha value is -2.75. The third-order valence-electron chi connectivity index (χ3n) is 3.57. The zero-order valence-electron chi connectivity index (χ0n) is 12.4. The Bertz CT molecular complexity index is 679. The second-order valence-electron chi connectivity index (χ2n) is 5.28. The van der Waals surface area contributed by atoms with E-state index in [1.165, 1.54) is 5.56 Å². The van der Waals surface area contributed by atoms with E-state index in [9.17, 15) is 4.79 Å². The lowest BCUT2D eigenvalue weighted by Gasteiger charge is -2.16. The Morgan fingerprint density at radius 1 is 1.14 bits per heavy atom. The number of nitrogens with one attached hydrogen (secondary N) is 1. The maximum Gasteiger partial charge on any atom is 0.226 e. The molecule has 1 amide bonds. The van der Waals surface area contributed by atoms with Crippen molar-refractivity contribution in [1.29, 1.82) is 0 Å². The molecule has 0 spiro atoms. The Kier molecular flexibility index (Phi) is 4.10. The maximum atomic E-state index is 12.3. The van der Waals surface area contributed by atoms with Crippen molar-refractivity contribution in [3.8, 4) is 0 Å². The summed E-state index contributed by atoms with van der Waals surface area (Å²) in [6, 6.07) is 15.2. The van der Waals surface area contributed by atoms with Crippen molar-refractivity contribution in [2.45, 2.75) is 19.4 Å². The number of nitrogens with zero attached hydrogens (tertiary/aromatic N) is 1. The van der Waals surface area contributed by atoms with E-state index in [-0.39, 0.29) is 11.9 Å². The standard InChI is InChI=1S/C18H18N2O2/c1-14-6-8-15(9-7-14)19-18(21)13-16(17-5-4-12-22-17)20-10-2-3-11-20/h2-12,16H,13H2,1H3,(H,19,21). The third kappa shape index (κ3) is 3.28. The minimum atomic E-state index is -0.143. The van der Waals surface area contributed by atoms with Gasteiger partial charge in [0.25, 0.3) is 0 Å². The fraction of sp³-hybridized carbons (Fsp3) is 0.167. The summed E-state index contributed by atoms with van der Waals surface area (Å²) in [5.74, 6) is 0.731. The molecule has 2 heterocycles. The van der Waals surface area contributed by atoms with Crippen molar-refractivity contribution in [2.75, 3.05) is 5.32 Å². The van der Waals surface area contributed by atoms with Crippen molar-refractivity contribution in [1.82, 2.24) is 4.57 Å². The van der Waals surface area contributed by atoms with E-state index >= 15 is 0 Å². The number of carbonyl (C=O) groups excluding carboxylic acids is 1. The van der Waals surface area contributed by atoms with Crippen molar-refractivity contribution in [3.63, 3.8) is 0 Å². The molecule has 1 atom stereocenters. The lowest BCUT2D eigenvalue weighted by molar-refractivity contribution is -0.116. The summed E-state index contributed by atoms with van der Waals surface area (Å²) in [6.07, 6.45) is 5.82. The summed E-state index contributed by atoms with van der Waals surface area (Å²) in [5, 5.41) is 2.93. The van der Waals surface area contributed by atoms with Gasteiger partial charge in [-0.05, 0) is 43.3 Å². The molecule has 0 saturated carbocycles. The van der Waals surface area contributed by atoms with Crippen molar-refractivity contribution in [3.05, 3.63) is 78.5 Å². The number of aryl methyl sites for hydroxylation is 1. The van der Waals surface area contributed by atoms with Gasteiger partial charge >= 0.3 is 0 Å². The number of anilines is 1. The Labute approximate surface area is 129 Å². The lowest BCUT2D eigenvalue weighted by atomic mass is 10.1. The number of hydrogen-bond donors (Lipinski definition) is 1. The van der Waals surface area contributed by atoms with Gasteiger partial charge in [-0.2, -0.15) is 0 Å². The first kappa shape index (κ1) is 14.2. The summed E-state index contributed by atoms with van der Waals surface area (Å²) in [4.78, 5) is 12.3. The Morgan fingerprint density at radius 3 is 2.50 bits per heavy atom. The monoisotopic (exact) mass is 294 g/mol. The summed E-state index contributed by atoms with van der Waals surface area (Å²) in [6.45, 7) is 2.02. The van der Waals surface area contributed by atoms with Crippen molar-refractivity contribution in [2.24, 2.45) is 0 Å². The highest BCUT2D eigenvalue weighted by atomic mass is 16.3. The maximum absolute atomic E-state index is 12.3. The van der Waals surface area contributed by atoms with Crippen LogP contribution in [0.3, 0.4) is 0 Å². The molecule has 4 nitrogen and oxygen atoms in total. The molecule has 3 aromatic rings. The average Bonchev–Trinajstić information content (AvgIpc) is 3.21. The van der Waals surface area contributed by atoms with Gasteiger partial charge in [-0.25, -0.2) is 0 Å². The largest absolute Gasteiger partial charge is 0.467 e. The van der Waals surface area contributed by atoms with Crippen LogP contribution in [0.4, 0.5) is 5.69 Å². The van der Waals surface area contributed by atoms with Crippen LogP contribution < -0.4 is 5.32 Å². The van der Waals surface area contributed by atoms with Crippen molar-refractivity contribution < 1.29 is 9.21 Å². The molecule has 0 fully saturated rings. The molecule has 22 heavy (non-hydrogen) atoms. The summed E-state index contributed by atoms with van der Waals surface area (Å²) >= 11 is 0. The third-order valence-corrected chi connectivity index (χ3v) is 3.57. The molecule has 1 aromatic carbocycles. The molecular formula is C18H18N2O2. The number of hydrogen-bond acceptors (Lipinski definition) is 2. The molecule has 2 aromatic heterocycles. The van der Waals surface area contributed by atoms with E-state index in [2.05, 4.69) is 5.32 Å². The molecule has 0 saturated heterocycles. The number of rotatable bonds is 5. The highest BCUT2D eigenvalue weighted by Gasteiger charge is 2.19. The van der Waals surface area contributed by atoms with E-state index in [4.69, 9.17) is 4.42 Å². The minimum absolute atomic E-state index is 0.0426.